The minimum Gasteiger partial charge on any atom is -0.494 e. The average Bonchev–Trinajstić information content (AvgIpc) is 3.22. The molecule has 1 fully saturated rings. The van der Waals surface area contributed by atoms with Crippen molar-refractivity contribution in [2.45, 2.75) is 77.2 Å². The number of ether oxygens (including phenoxy) is 1. The molecule has 1 aromatic carbocycles. The Hall–Kier alpha value is -2.28. The van der Waals surface area contributed by atoms with Gasteiger partial charge in [-0.25, -0.2) is 0 Å². The van der Waals surface area contributed by atoms with Gasteiger partial charge in [0.1, 0.15) is 5.75 Å². The van der Waals surface area contributed by atoms with Gasteiger partial charge < -0.3 is 20.3 Å². The molecule has 0 radical (unpaired) electrons. The lowest BCUT2D eigenvalue weighted by Crippen LogP contribution is -2.47. The molecule has 1 saturated carbocycles. The number of aliphatic carboxylic acids is 2. The molecular weight excluding hydrogens is 434 g/mol. The molecule has 0 aliphatic heterocycles. The lowest BCUT2D eigenvalue weighted by Gasteiger charge is -2.32. The van der Waals surface area contributed by atoms with Crippen LogP contribution < -0.4 is 10.1 Å². The topological polar surface area (TPSA) is 113 Å². The van der Waals surface area contributed by atoms with Gasteiger partial charge in [0, 0.05) is 17.5 Å². The molecule has 3 N–H and O–H groups in total. The van der Waals surface area contributed by atoms with E-state index in [1.807, 2.05) is 6.92 Å². The summed E-state index contributed by atoms with van der Waals surface area (Å²) in [5, 5.41) is 22.5. The average molecular weight is 468 g/mol. The molecule has 2 rings (SSSR count). The van der Waals surface area contributed by atoms with E-state index < -0.39 is 29.3 Å². The van der Waals surface area contributed by atoms with Crippen LogP contribution in [0.25, 0.3) is 0 Å². The summed E-state index contributed by atoms with van der Waals surface area (Å²) in [4.78, 5) is 36.5. The van der Waals surface area contributed by atoms with Crippen LogP contribution in [-0.2, 0) is 14.4 Å². The Morgan fingerprint density at radius 2 is 1.78 bits per heavy atom. The number of hydrogen-bond acceptors (Lipinski definition) is 4. The van der Waals surface area contributed by atoms with Gasteiger partial charge in [0.25, 0.3) is 0 Å². The molecule has 7 nitrogen and oxygen atoms in total. The van der Waals surface area contributed by atoms with Gasteiger partial charge in [0.15, 0.2) is 0 Å². The first-order chi connectivity index (χ1) is 15.3. The second kappa shape index (κ2) is 12.7. The van der Waals surface area contributed by atoms with E-state index in [9.17, 15) is 24.6 Å². The normalized spacial score (nSPS) is 16.8. The largest absolute Gasteiger partial charge is 0.494 e. The Kier molecular flexibility index (Phi) is 10.3. The number of carbonyl (C=O) groups is 3. The van der Waals surface area contributed by atoms with Gasteiger partial charge in [-0.15, -0.1) is 0 Å². The quantitative estimate of drug-likeness (QED) is 0.358. The van der Waals surface area contributed by atoms with Crippen molar-refractivity contribution in [1.29, 1.82) is 0 Å². The van der Waals surface area contributed by atoms with E-state index in [1.165, 1.54) is 0 Å². The van der Waals surface area contributed by atoms with Crippen LogP contribution in [-0.4, -0.2) is 40.7 Å². The third-order valence-corrected chi connectivity index (χ3v) is 6.49. The van der Waals surface area contributed by atoms with Crippen LogP contribution in [0.15, 0.2) is 24.3 Å². The number of benzene rings is 1. The maximum absolute atomic E-state index is 13.3. The molecule has 1 aromatic rings. The standard InChI is InChI=1S/C24H34ClNO6/c1-2-3-6-17(22(29)30)16-24(12-4-5-13-24)23(31)26-19(15-21(27)28)11-14-32-20-9-7-18(25)8-10-20/h7-10,17,19H,2-6,11-16H2,1H3,(H,26,31)(H,27,28)(H,29,30)/t17-,19+/m1/s1. The monoisotopic (exact) mass is 467 g/mol. The smallest absolute Gasteiger partial charge is 0.306 e. The molecule has 0 saturated heterocycles. The molecule has 2 atom stereocenters. The number of carboxylic acid groups (broad SMARTS) is 2. The molecule has 1 amide bonds. The number of unbranched alkanes of at least 4 members (excludes halogenated alkanes) is 1. The lowest BCUT2D eigenvalue weighted by atomic mass is 9.75. The Labute approximate surface area is 194 Å². The molecule has 1 aliphatic rings. The fraction of sp³-hybridized carbons (Fsp3) is 0.625. The molecule has 0 aromatic heterocycles. The number of hydrogen-bond donors (Lipinski definition) is 3. The maximum Gasteiger partial charge on any atom is 0.306 e. The van der Waals surface area contributed by atoms with Crippen molar-refractivity contribution in [1.82, 2.24) is 5.32 Å². The molecule has 0 unspecified atom stereocenters. The van der Waals surface area contributed by atoms with Gasteiger partial charge >= 0.3 is 11.9 Å². The first-order valence-corrected chi connectivity index (χ1v) is 11.8. The highest BCUT2D eigenvalue weighted by Gasteiger charge is 2.44. The second-order valence-corrected chi connectivity index (χ2v) is 9.16. The van der Waals surface area contributed by atoms with Crippen LogP contribution in [0.2, 0.25) is 5.02 Å². The molecule has 8 heteroatoms. The van der Waals surface area contributed by atoms with Crippen LogP contribution in [0.5, 0.6) is 5.75 Å². The first-order valence-electron chi connectivity index (χ1n) is 11.4. The predicted molar refractivity (Wildman–Crippen MR) is 122 cm³/mol. The number of carbonyl (C=O) groups excluding carboxylic acids is 1. The molecule has 1 aliphatic carbocycles. The Morgan fingerprint density at radius 3 is 2.34 bits per heavy atom. The Morgan fingerprint density at radius 1 is 1.12 bits per heavy atom. The van der Waals surface area contributed by atoms with Gasteiger partial charge in [-0.3, -0.25) is 14.4 Å². The highest BCUT2D eigenvalue weighted by Crippen LogP contribution is 2.44. The van der Waals surface area contributed by atoms with Gasteiger partial charge in [-0.05, 0) is 49.9 Å². The highest BCUT2D eigenvalue weighted by atomic mass is 35.5. The third-order valence-electron chi connectivity index (χ3n) is 6.24. The second-order valence-electron chi connectivity index (χ2n) is 8.73. The minimum absolute atomic E-state index is 0.218. The van der Waals surface area contributed by atoms with Crippen molar-refractivity contribution < 1.29 is 29.3 Å². The number of rotatable bonds is 14. The molecule has 0 bridgehead atoms. The van der Waals surface area contributed by atoms with Crippen molar-refractivity contribution in [3.05, 3.63) is 29.3 Å². The summed E-state index contributed by atoms with van der Waals surface area (Å²) in [6.45, 7) is 2.25. The van der Waals surface area contributed by atoms with Crippen molar-refractivity contribution in [2.24, 2.45) is 11.3 Å². The molecule has 0 heterocycles. The Balaban J connectivity index is 2.03. The zero-order valence-corrected chi connectivity index (χ0v) is 19.4. The van der Waals surface area contributed by atoms with E-state index >= 15 is 0 Å². The molecule has 178 valence electrons. The van der Waals surface area contributed by atoms with Crippen LogP contribution in [0.4, 0.5) is 0 Å². The zero-order chi connectivity index (χ0) is 23.6. The van der Waals surface area contributed by atoms with E-state index in [-0.39, 0.29) is 18.9 Å². The molecule has 32 heavy (non-hydrogen) atoms. The number of nitrogens with one attached hydrogen (secondary N) is 1. The summed E-state index contributed by atoms with van der Waals surface area (Å²) in [7, 11) is 0. The van der Waals surface area contributed by atoms with Gasteiger partial charge in [0.2, 0.25) is 5.91 Å². The maximum atomic E-state index is 13.3. The van der Waals surface area contributed by atoms with Crippen molar-refractivity contribution in [3.63, 3.8) is 0 Å². The summed E-state index contributed by atoms with van der Waals surface area (Å²) in [6.07, 6.45) is 5.68. The summed E-state index contributed by atoms with van der Waals surface area (Å²) in [6, 6.07) is 6.26. The van der Waals surface area contributed by atoms with E-state index in [2.05, 4.69) is 5.32 Å². The third kappa shape index (κ3) is 8.01. The van der Waals surface area contributed by atoms with E-state index in [0.29, 0.717) is 42.9 Å². The summed E-state index contributed by atoms with van der Waals surface area (Å²) in [5.41, 5.74) is -0.745. The SMILES string of the molecule is CCCC[C@H](CC1(C(=O)N[C@@H](CCOc2ccc(Cl)cc2)CC(=O)O)CCCC1)C(=O)O. The van der Waals surface area contributed by atoms with E-state index in [4.69, 9.17) is 16.3 Å². The summed E-state index contributed by atoms with van der Waals surface area (Å²) >= 11 is 5.86. The van der Waals surface area contributed by atoms with E-state index in [0.717, 1.165) is 25.7 Å². The van der Waals surface area contributed by atoms with Crippen molar-refractivity contribution in [3.8, 4) is 5.75 Å². The first kappa shape index (κ1) is 26.0. The molecule has 0 spiro atoms. The Bertz CT molecular complexity index is 760. The van der Waals surface area contributed by atoms with Gasteiger partial charge in [-0.2, -0.15) is 0 Å². The van der Waals surface area contributed by atoms with Gasteiger partial charge in [0.05, 0.1) is 24.4 Å². The van der Waals surface area contributed by atoms with Gasteiger partial charge in [-0.1, -0.05) is 44.2 Å². The number of amides is 1. The zero-order valence-electron chi connectivity index (χ0n) is 18.6. The number of halogens is 1. The fourth-order valence-electron chi connectivity index (χ4n) is 4.44. The van der Waals surface area contributed by atoms with Crippen LogP contribution in [0.3, 0.4) is 0 Å². The molecular formula is C24H34ClNO6. The van der Waals surface area contributed by atoms with Crippen molar-refractivity contribution >= 4 is 29.4 Å². The van der Waals surface area contributed by atoms with Crippen molar-refractivity contribution in [2.75, 3.05) is 6.61 Å². The number of carboxylic acids is 2. The predicted octanol–water partition coefficient (Wildman–Crippen LogP) is 4.91. The minimum atomic E-state index is -1.01. The lowest BCUT2D eigenvalue weighted by molar-refractivity contribution is -0.144. The summed E-state index contributed by atoms with van der Waals surface area (Å²) < 4.78 is 5.66. The van der Waals surface area contributed by atoms with Crippen LogP contribution in [0, 0.1) is 11.3 Å². The fourth-order valence-corrected chi connectivity index (χ4v) is 4.56. The van der Waals surface area contributed by atoms with Crippen LogP contribution >= 0.6 is 11.6 Å². The highest BCUT2D eigenvalue weighted by molar-refractivity contribution is 6.30. The van der Waals surface area contributed by atoms with E-state index in [1.54, 1.807) is 24.3 Å². The summed E-state index contributed by atoms with van der Waals surface area (Å²) in [5.74, 6) is -2.05. The van der Waals surface area contributed by atoms with Crippen LogP contribution in [0.1, 0.15) is 71.1 Å².